The summed E-state index contributed by atoms with van der Waals surface area (Å²) in [4.78, 5) is 2.12. The molecule has 0 radical (unpaired) electrons. The molecular formula is C11H16Cl2N2. The number of anilines is 1. The van der Waals surface area contributed by atoms with Crippen molar-refractivity contribution in [2.45, 2.75) is 12.8 Å². The Morgan fingerprint density at radius 1 is 1.27 bits per heavy atom. The van der Waals surface area contributed by atoms with Gasteiger partial charge in [0.05, 0.1) is 10.7 Å². The van der Waals surface area contributed by atoms with Gasteiger partial charge in [0.25, 0.3) is 0 Å². The minimum atomic E-state index is 0.666. The average molecular weight is 247 g/mol. The molecule has 1 rings (SSSR count). The first kappa shape index (κ1) is 12.6. The minimum Gasteiger partial charge on any atom is -0.373 e. The molecule has 0 saturated carbocycles. The first-order valence-electron chi connectivity index (χ1n) is 5.01. The van der Waals surface area contributed by atoms with Crippen LogP contribution in [0, 0.1) is 0 Å². The van der Waals surface area contributed by atoms with Gasteiger partial charge in [0.2, 0.25) is 0 Å². The summed E-state index contributed by atoms with van der Waals surface area (Å²) in [6, 6.07) is 5.55. The summed E-state index contributed by atoms with van der Waals surface area (Å²) in [5.41, 5.74) is 6.45. The number of unbranched alkanes of at least 4 members (excludes halogenated alkanes) is 1. The van der Waals surface area contributed by atoms with Gasteiger partial charge in [-0.05, 0) is 37.6 Å². The van der Waals surface area contributed by atoms with Gasteiger partial charge < -0.3 is 10.6 Å². The van der Waals surface area contributed by atoms with Gasteiger partial charge in [-0.3, -0.25) is 0 Å². The lowest BCUT2D eigenvalue weighted by molar-refractivity contribution is 0.728. The summed E-state index contributed by atoms with van der Waals surface area (Å²) >= 11 is 11.9. The van der Waals surface area contributed by atoms with E-state index in [9.17, 15) is 0 Å². The summed E-state index contributed by atoms with van der Waals surface area (Å²) < 4.78 is 0. The van der Waals surface area contributed by atoms with E-state index in [2.05, 4.69) is 4.90 Å². The second-order valence-corrected chi connectivity index (χ2v) is 4.36. The fraction of sp³-hybridized carbons (Fsp3) is 0.455. The molecule has 0 amide bonds. The Morgan fingerprint density at radius 2 is 2.00 bits per heavy atom. The Bertz CT molecular complexity index is 315. The van der Waals surface area contributed by atoms with Gasteiger partial charge in [0, 0.05) is 18.6 Å². The third-order valence-corrected chi connectivity index (χ3v) is 2.81. The van der Waals surface area contributed by atoms with E-state index in [0.29, 0.717) is 10.0 Å². The van der Waals surface area contributed by atoms with E-state index < -0.39 is 0 Å². The van der Waals surface area contributed by atoms with Crippen molar-refractivity contribution in [1.82, 2.24) is 0 Å². The van der Waals surface area contributed by atoms with E-state index in [1.165, 1.54) is 0 Å². The van der Waals surface area contributed by atoms with E-state index in [0.717, 1.165) is 31.6 Å². The van der Waals surface area contributed by atoms with Crippen molar-refractivity contribution in [1.29, 1.82) is 0 Å². The van der Waals surface area contributed by atoms with E-state index in [1.54, 1.807) is 6.07 Å². The molecule has 2 N–H and O–H groups in total. The maximum absolute atomic E-state index is 6.09. The van der Waals surface area contributed by atoms with Crippen LogP contribution in [0.4, 0.5) is 5.69 Å². The molecule has 0 aliphatic rings. The molecule has 0 aliphatic heterocycles. The van der Waals surface area contributed by atoms with E-state index >= 15 is 0 Å². The zero-order valence-electron chi connectivity index (χ0n) is 8.84. The van der Waals surface area contributed by atoms with E-state index in [1.807, 2.05) is 19.2 Å². The molecule has 0 bridgehead atoms. The Balaban J connectivity index is 2.61. The van der Waals surface area contributed by atoms with Gasteiger partial charge in [-0.2, -0.15) is 0 Å². The third-order valence-electron chi connectivity index (χ3n) is 2.27. The maximum Gasteiger partial charge on any atom is 0.0654 e. The van der Waals surface area contributed by atoms with Crippen LogP contribution in [0.3, 0.4) is 0 Å². The van der Waals surface area contributed by atoms with E-state index in [-0.39, 0.29) is 0 Å². The molecule has 0 fully saturated rings. The molecule has 0 aliphatic carbocycles. The van der Waals surface area contributed by atoms with Crippen LogP contribution in [0.2, 0.25) is 10.0 Å². The first-order valence-corrected chi connectivity index (χ1v) is 5.77. The van der Waals surface area contributed by atoms with Crippen molar-refractivity contribution in [3.8, 4) is 0 Å². The molecule has 0 aromatic heterocycles. The molecule has 0 saturated heterocycles. The summed E-state index contributed by atoms with van der Waals surface area (Å²) in [5.74, 6) is 0. The van der Waals surface area contributed by atoms with Crippen LogP contribution in [0.25, 0.3) is 0 Å². The minimum absolute atomic E-state index is 0.666. The molecule has 0 unspecified atom stereocenters. The number of hydrogen-bond donors (Lipinski definition) is 1. The Hall–Kier alpha value is -0.440. The molecule has 4 heteroatoms. The molecule has 1 aromatic rings. The zero-order valence-corrected chi connectivity index (χ0v) is 10.4. The molecule has 1 aromatic carbocycles. The number of nitrogens with two attached hydrogens (primary N) is 1. The van der Waals surface area contributed by atoms with Crippen LogP contribution in [0.15, 0.2) is 18.2 Å². The van der Waals surface area contributed by atoms with Gasteiger partial charge in [-0.15, -0.1) is 0 Å². The van der Waals surface area contributed by atoms with Crippen LogP contribution in [0.1, 0.15) is 12.8 Å². The van der Waals surface area contributed by atoms with Crippen LogP contribution >= 0.6 is 23.2 Å². The molecule has 84 valence electrons. The van der Waals surface area contributed by atoms with Gasteiger partial charge in [-0.1, -0.05) is 23.2 Å². The largest absolute Gasteiger partial charge is 0.373 e. The van der Waals surface area contributed by atoms with Crippen LogP contribution < -0.4 is 10.6 Å². The number of benzene rings is 1. The normalized spacial score (nSPS) is 10.4. The predicted molar refractivity (Wildman–Crippen MR) is 68.0 cm³/mol. The van der Waals surface area contributed by atoms with Crippen molar-refractivity contribution >= 4 is 28.9 Å². The smallest absolute Gasteiger partial charge is 0.0654 e. The molecule has 0 spiro atoms. The fourth-order valence-electron chi connectivity index (χ4n) is 1.40. The van der Waals surface area contributed by atoms with Crippen LogP contribution in [0.5, 0.6) is 0 Å². The number of nitrogens with zero attached hydrogens (tertiary/aromatic N) is 1. The lowest BCUT2D eigenvalue weighted by Gasteiger charge is -2.20. The number of hydrogen-bond acceptors (Lipinski definition) is 2. The lowest BCUT2D eigenvalue weighted by atomic mass is 10.2. The van der Waals surface area contributed by atoms with Crippen LogP contribution in [-0.4, -0.2) is 20.1 Å². The van der Waals surface area contributed by atoms with Crippen LogP contribution in [-0.2, 0) is 0 Å². The van der Waals surface area contributed by atoms with Crippen molar-refractivity contribution in [3.05, 3.63) is 28.2 Å². The van der Waals surface area contributed by atoms with Gasteiger partial charge >= 0.3 is 0 Å². The van der Waals surface area contributed by atoms with Crippen molar-refractivity contribution < 1.29 is 0 Å². The highest BCUT2D eigenvalue weighted by atomic mass is 35.5. The molecule has 2 nitrogen and oxygen atoms in total. The standard InChI is InChI=1S/C11H16Cl2N2/c1-15(7-3-2-6-14)11-5-4-9(12)8-10(11)13/h4-5,8H,2-3,6-7,14H2,1H3. The third kappa shape index (κ3) is 3.90. The SMILES string of the molecule is CN(CCCCN)c1ccc(Cl)cc1Cl. The highest BCUT2D eigenvalue weighted by Crippen LogP contribution is 2.27. The highest BCUT2D eigenvalue weighted by molar-refractivity contribution is 6.36. The summed E-state index contributed by atoms with van der Waals surface area (Å²) in [6.07, 6.45) is 2.11. The topological polar surface area (TPSA) is 29.3 Å². The lowest BCUT2D eigenvalue weighted by Crippen LogP contribution is -2.19. The van der Waals surface area contributed by atoms with E-state index in [4.69, 9.17) is 28.9 Å². The predicted octanol–water partition coefficient (Wildman–Crippen LogP) is 3.17. The molecule has 0 atom stereocenters. The summed E-state index contributed by atoms with van der Waals surface area (Å²) in [7, 11) is 2.02. The second kappa shape index (κ2) is 6.21. The summed E-state index contributed by atoms with van der Waals surface area (Å²) in [6.45, 7) is 1.70. The molecular weight excluding hydrogens is 231 g/mol. The maximum atomic E-state index is 6.09. The van der Waals surface area contributed by atoms with Gasteiger partial charge in [0.15, 0.2) is 0 Å². The first-order chi connectivity index (χ1) is 7.15. The Labute approximate surface area is 101 Å². The van der Waals surface area contributed by atoms with Gasteiger partial charge in [0.1, 0.15) is 0 Å². The molecule has 0 heterocycles. The zero-order chi connectivity index (χ0) is 11.3. The Kier molecular flexibility index (Phi) is 5.23. The molecule has 15 heavy (non-hydrogen) atoms. The highest BCUT2D eigenvalue weighted by Gasteiger charge is 2.05. The second-order valence-electron chi connectivity index (χ2n) is 3.51. The fourth-order valence-corrected chi connectivity index (χ4v) is 1.96. The van der Waals surface area contributed by atoms with Gasteiger partial charge in [-0.25, -0.2) is 0 Å². The Morgan fingerprint density at radius 3 is 2.60 bits per heavy atom. The number of rotatable bonds is 5. The average Bonchev–Trinajstić information content (AvgIpc) is 2.17. The summed E-state index contributed by atoms with van der Waals surface area (Å²) in [5, 5.41) is 1.36. The number of halogens is 2. The monoisotopic (exact) mass is 246 g/mol. The van der Waals surface area contributed by atoms with Crippen molar-refractivity contribution in [2.24, 2.45) is 5.73 Å². The van der Waals surface area contributed by atoms with Crippen molar-refractivity contribution in [3.63, 3.8) is 0 Å². The van der Waals surface area contributed by atoms with Crippen molar-refractivity contribution in [2.75, 3.05) is 25.0 Å². The quantitative estimate of drug-likeness (QED) is 0.810.